The standard InChI is InChI=1S/C22H31N3O3.HI/c1-17-9-10-19(21(13-17)28-12-11-26-3)15-25-22(23-2)24-14-18-7-5-6-8-20(18)16-27-4;/h5-10,13H,11-12,14-16H2,1-4H3,(H2,23,24,25);1H. The lowest BCUT2D eigenvalue weighted by Crippen LogP contribution is -2.36. The molecule has 0 fully saturated rings. The van der Waals surface area contributed by atoms with Gasteiger partial charge in [-0.15, -0.1) is 24.0 Å². The molecule has 0 radical (unpaired) electrons. The van der Waals surface area contributed by atoms with Crippen molar-refractivity contribution in [1.29, 1.82) is 0 Å². The summed E-state index contributed by atoms with van der Waals surface area (Å²) >= 11 is 0. The normalized spacial score (nSPS) is 11.0. The number of methoxy groups -OCH3 is 2. The largest absolute Gasteiger partial charge is 0.491 e. The molecule has 0 heterocycles. The minimum Gasteiger partial charge on any atom is -0.491 e. The summed E-state index contributed by atoms with van der Waals surface area (Å²) in [7, 11) is 5.14. The number of nitrogens with zero attached hydrogens (tertiary/aromatic N) is 1. The number of ether oxygens (including phenoxy) is 3. The van der Waals surface area contributed by atoms with Gasteiger partial charge in [0.2, 0.25) is 0 Å². The van der Waals surface area contributed by atoms with Gasteiger partial charge in [0.15, 0.2) is 5.96 Å². The van der Waals surface area contributed by atoms with E-state index in [4.69, 9.17) is 14.2 Å². The zero-order chi connectivity index (χ0) is 20.2. The Bertz CT molecular complexity index is 769. The summed E-state index contributed by atoms with van der Waals surface area (Å²) in [4.78, 5) is 4.32. The fourth-order valence-corrected chi connectivity index (χ4v) is 2.78. The SMILES string of the molecule is CN=C(NCc1ccccc1COC)NCc1ccc(C)cc1OCCOC.I. The van der Waals surface area contributed by atoms with E-state index in [1.54, 1.807) is 21.3 Å². The molecular formula is C22H32IN3O3. The lowest BCUT2D eigenvalue weighted by Gasteiger charge is -2.16. The average Bonchev–Trinajstić information content (AvgIpc) is 2.71. The molecule has 0 aliphatic heterocycles. The van der Waals surface area contributed by atoms with Crippen LogP contribution in [-0.2, 0) is 29.2 Å². The zero-order valence-corrected chi connectivity index (χ0v) is 20.0. The number of hydrogen-bond donors (Lipinski definition) is 2. The lowest BCUT2D eigenvalue weighted by molar-refractivity contribution is 0.145. The number of halogens is 1. The van der Waals surface area contributed by atoms with Crippen LogP contribution in [0.5, 0.6) is 5.75 Å². The summed E-state index contributed by atoms with van der Waals surface area (Å²) in [5.74, 6) is 1.60. The van der Waals surface area contributed by atoms with Crippen LogP contribution in [0.4, 0.5) is 0 Å². The van der Waals surface area contributed by atoms with E-state index >= 15 is 0 Å². The van der Waals surface area contributed by atoms with Gasteiger partial charge in [0, 0.05) is 39.9 Å². The molecule has 0 spiro atoms. The monoisotopic (exact) mass is 513 g/mol. The first kappa shape index (κ1) is 25.2. The molecule has 29 heavy (non-hydrogen) atoms. The minimum atomic E-state index is 0. The Balaban J connectivity index is 0.00000420. The molecule has 0 bridgehead atoms. The van der Waals surface area contributed by atoms with E-state index in [9.17, 15) is 0 Å². The highest BCUT2D eigenvalue weighted by atomic mass is 127. The van der Waals surface area contributed by atoms with Crippen LogP contribution in [0.15, 0.2) is 47.5 Å². The first-order chi connectivity index (χ1) is 13.7. The number of guanidine groups is 1. The molecule has 0 unspecified atom stereocenters. The van der Waals surface area contributed by atoms with Crippen LogP contribution in [0.2, 0.25) is 0 Å². The van der Waals surface area contributed by atoms with Crippen molar-refractivity contribution >= 4 is 29.9 Å². The second-order valence-corrected chi connectivity index (χ2v) is 6.43. The second kappa shape index (κ2) is 14.2. The van der Waals surface area contributed by atoms with E-state index < -0.39 is 0 Å². The zero-order valence-electron chi connectivity index (χ0n) is 17.7. The van der Waals surface area contributed by atoms with E-state index in [0.29, 0.717) is 32.9 Å². The van der Waals surface area contributed by atoms with Gasteiger partial charge in [-0.1, -0.05) is 36.4 Å². The third-order valence-corrected chi connectivity index (χ3v) is 4.30. The topological polar surface area (TPSA) is 64.1 Å². The summed E-state index contributed by atoms with van der Waals surface area (Å²) in [6.45, 7) is 5.02. The van der Waals surface area contributed by atoms with Crippen molar-refractivity contribution in [3.63, 3.8) is 0 Å². The predicted octanol–water partition coefficient (Wildman–Crippen LogP) is 3.65. The van der Waals surface area contributed by atoms with Crippen LogP contribution in [0.1, 0.15) is 22.3 Å². The molecule has 2 aromatic rings. The van der Waals surface area contributed by atoms with E-state index in [1.165, 1.54) is 11.1 Å². The Hall–Kier alpha value is -1.84. The molecule has 7 heteroatoms. The number of rotatable bonds is 10. The number of hydrogen-bond acceptors (Lipinski definition) is 4. The summed E-state index contributed by atoms with van der Waals surface area (Å²) in [5.41, 5.74) is 4.59. The number of benzene rings is 2. The fraction of sp³-hybridized carbons (Fsp3) is 0.409. The molecule has 6 nitrogen and oxygen atoms in total. The first-order valence-corrected chi connectivity index (χ1v) is 9.39. The Morgan fingerprint density at radius 2 is 1.59 bits per heavy atom. The third-order valence-electron chi connectivity index (χ3n) is 4.30. The van der Waals surface area contributed by atoms with Gasteiger partial charge in [0.05, 0.1) is 13.2 Å². The molecule has 0 aliphatic carbocycles. The molecular weight excluding hydrogens is 481 g/mol. The van der Waals surface area contributed by atoms with Crippen molar-refractivity contribution < 1.29 is 14.2 Å². The van der Waals surface area contributed by atoms with Crippen LogP contribution in [0.3, 0.4) is 0 Å². The van der Waals surface area contributed by atoms with Crippen LogP contribution in [0.25, 0.3) is 0 Å². The number of aliphatic imine (C=N–C) groups is 1. The van der Waals surface area contributed by atoms with Gasteiger partial charge >= 0.3 is 0 Å². The number of aryl methyl sites for hydroxylation is 1. The van der Waals surface area contributed by atoms with Gasteiger partial charge in [-0.25, -0.2) is 0 Å². The third kappa shape index (κ3) is 8.59. The highest BCUT2D eigenvalue weighted by Gasteiger charge is 2.07. The Kier molecular flexibility index (Phi) is 12.3. The lowest BCUT2D eigenvalue weighted by atomic mass is 10.1. The molecule has 2 N–H and O–H groups in total. The fourth-order valence-electron chi connectivity index (χ4n) is 2.78. The van der Waals surface area contributed by atoms with Crippen molar-refractivity contribution in [2.24, 2.45) is 4.99 Å². The van der Waals surface area contributed by atoms with Crippen molar-refractivity contribution in [1.82, 2.24) is 10.6 Å². The van der Waals surface area contributed by atoms with E-state index in [0.717, 1.165) is 22.8 Å². The molecule has 2 aromatic carbocycles. The maximum absolute atomic E-state index is 5.86. The van der Waals surface area contributed by atoms with Gasteiger partial charge in [0.1, 0.15) is 12.4 Å². The van der Waals surface area contributed by atoms with Gasteiger partial charge in [-0.3, -0.25) is 4.99 Å². The average molecular weight is 513 g/mol. The van der Waals surface area contributed by atoms with Gasteiger partial charge < -0.3 is 24.8 Å². The Labute approximate surface area is 191 Å². The van der Waals surface area contributed by atoms with E-state index in [-0.39, 0.29) is 24.0 Å². The molecule has 0 aromatic heterocycles. The van der Waals surface area contributed by atoms with Crippen LogP contribution in [0, 0.1) is 6.92 Å². The van der Waals surface area contributed by atoms with E-state index in [2.05, 4.69) is 46.8 Å². The molecule has 0 amide bonds. The minimum absolute atomic E-state index is 0. The molecule has 0 aliphatic rings. The molecule has 160 valence electrons. The van der Waals surface area contributed by atoms with Crippen LogP contribution in [-0.4, -0.2) is 40.4 Å². The molecule has 0 saturated carbocycles. The van der Waals surface area contributed by atoms with Gasteiger partial charge in [-0.2, -0.15) is 0 Å². The second-order valence-electron chi connectivity index (χ2n) is 6.43. The van der Waals surface area contributed by atoms with Crippen molar-refractivity contribution in [2.75, 3.05) is 34.5 Å². The van der Waals surface area contributed by atoms with Gasteiger partial charge in [0.25, 0.3) is 0 Å². The summed E-state index contributed by atoms with van der Waals surface area (Å²) in [6, 6.07) is 14.4. The highest BCUT2D eigenvalue weighted by Crippen LogP contribution is 2.20. The van der Waals surface area contributed by atoms with Crippen molar-refractivity contribution in [2.45, 2.75) is 26.6 Å². The molecule has 2 rings (SSSR count). The van der Waals surface area contributed by atoms with E-state index in [1.807, 2.05) is 18.2 Å². The Morgan fingerprint density at radius 1 is 0.897 bits per heavy atom. The molecule has 0 atom stereocenters. The highest BCUT2D eigenvalue weighted by molar-refractivity contribution is 14.0. The maximum Gasteiger partial charge on any atom is 0.191 e. The summed E-state index contributed by atoms with van der Waals surface area (Å²) in [5, 5.41) is 6.71. The first-order valence-electron chi connectivity index (χ1n) is 9.39. The Morgan fingerprint density at radius 3 is 2.24 bits per heavy atom. The molecule has 0 saturated heterocycles. The van der Waals surface area contributed by atoms with Gasteiger partial charge in [-0.05, 0) is 29.7 Å². The van der Waals surface area contributed by atoms with Crippen LogP contribution < -0.4 is 15.4 Å². The summed E-state index contributed by atoms with van der Waals surface area (Å²) < 4.78 is 16.2. The summed E-state index contributed by atoms with van der Waals surface area (Å²) in [6.07, 6.45) is 0. The van der Waals surface area contributed by atoms with Crippen molar-refractivity contribution in [3.05, 3.63) is 64.7 Å². The predicted molar refractivity (Wildman–Crippen MR) is 128 cm³/mol. The quantitative estimate of drug-likeness (QED) is 0.220. The number of nitrogens with one attached hydrogen (secondary N) is 2. The smallest absolute Gasteiger partial charge is 0.191 e. The van der Waals surface area contributed by atoms with Crippen LogP contribution >= 0.6 is 24.0 Å². The maximum atomic E-state index is 5.86. The van der Waals surface area contributed by atoms with Crippen molar-refractivity contribution in [3.8, 4) is 5.75 Å².